The molecule has 0 radical (unpaired) electrons. The lowest BCUT2D eigenvalue weighted by Gasteiger charge is -2.06. The second-order valence-corrected chi connectivity index (χ2v) is 6.05. The maximum Gasteiger partial charge on any atom is 0.339 e. The summed E-state index contributed by atoms with van der Waals surface area (Å²) in [6, 6.07) is 10.0. The molecule has 0 aliphatic heterocycles. The number of aryl methyl sites for hydroxylation is 1. The van der Waals surface area contributed by atoms with Crippen molar-refractivity contribution in [2.24, 2.45) is 0 Å². The van der Waals surface area contributed by atoms with E-state index >= 15 is 0 Å². The van der Waals surface area contributed by atoms with Gasteiger partial charge in [0, 0.05) is 4.90 Å². The predicted molar refractivity (Wildman–Crippen MR) is 80.5 cm³/mol. The molecule has 0 saturated heterocycles. The van der Waals surface area contributed by atoms with E-state index in [0.717, 1.165) is 4.90 Å². The summed E-state index contributed by atoms with van der Waals surface area (Å²) in [5, 5.41) is 8.98. The van der Waals surface area contributed by atoms with Crippen LogP contribution in [0.15, 0.2) is 39.6 Å². The Morgan fingerprint density at radius 2 is 1.95 bits per heavy atom. The third-order valence-corrected chi connectivity index (χ3v) is 4.16. The molecule has 3 nitrogen and oxygen atoms in total. The maximum absolute atomic E-state index is 10.9. The van der Waals surface area contributed by atoms with Gasteiger partial charge in [0.25, 0.3) is 0 Å². The first-order valence-electron chi connectivity index (χ1n) is 6.52. The number of rotatable bonds is 5. The van der Waals surface area contributed by atoms with Crippen LogP contribution in [0.4, 0.5) is 0 Å². The summed E-state index contributed by atoms with van der Waals surface area (Å²) in [5.74, 6) is 1.37. The number of hydrogen-bond acceptors (Lipinski definition) is 3. The molecule has 0 aliphatic carbocycles. The number of carboxylic acid groups (broad SMARTS) is 1. The summed E-state index contributed by atoms with van der Waals surface area (Å²) >= 11 is 1.64. The Hall–Kier alpha value is -1.68. The van der Waals surface area contributed by atoms with E-state index in [4.69, 9.17) is 9.52 Å². The van der Waals surface area contributed by atoms with Gasteiger partial charge in [-0.15, -0.1) is 11.8 Å². The molecule has 0 aliphatic rings. The Morgan fingerprint density at radius 1 is 1.30 bits per heavy atom. The van der Waals surface area contributed by atoms with Crippen LogP contribution in [0.3, 0.4) is 0 Å². The van der Waals surface area contributed by atoms with Crippen LogP contribution >= 0.6 is 11.8 Å². The average Bonchev–Trinajstić information content (AvgIpc) is 2.78. The number of carbonyl (C=O) groups is 1. The van der Waals surface area contributed by atoms with Gasteiger partial charge in [0.1, 0.15) is 17.1 Å². The highest BCUT2D eigenvalue weighted by atomic mass is 32.2. The van der Waals surface area contributed by atoms with Crippen molar-refractivity contribution in [2.45, 2.75) is 37.3 Å². The van der Waals surface area contributed by atoms with Gasteiger partial charge in [-0.1, -0.05) is 26.0 Å². The number of aromatic carboxylic acids is 1. The zero-order valence-electron chi connectivity index (χ0n) is 11.8. The first-order valence-corrected chi connectivity index (χ1v) is 7.51. The summed E-state index contributed by atoms with van der Waals surface area (Å²) in [6.07, 6.45) is 0. The van der Waals surface area contributed by atoms with Crippen molar-refractivity contribution in [3.05, 3.63) is 53.0 Å². The Balaban J connectivity index is 2.01. The van der Waals surface area contributed by atoms with Gasteiger partial charge in [0.05, 0.1) is 5.75 Å². The molecule has 2 rings (SSSR count). The topological polar surface area (TPSA) is 50.4 Å². The fourth-order valence-corrected chi connectivity index (χ4v) is 2.71. The Bertz CT molecular complexity index is 597. The van der Waals surface area contributed by atoms with Crippen molar-refractivity contribution in [2.75, 3.05) is 0 Å². The van der Waals surface area contributed by atoms with Gasteiger partial charge in [-0.25, -0.2) is 4.79 Å². The van der Waals surface area contributed by atoms with Crippen molar-refractivity contribution in [1.29, 1.82) is 0 Å². The van der Waals surface area contributed by atoms with Gasteiger partial charge in [-0.3, -0.25) is 0 Å². The molecule has 106 valence electrons. The molecular formula is C16H18O3S. The quantitative estimate of drug-likeness (QED) is 0.811. The lowest BCUT2D eigenvalue weighted by Crippen LogP contribution is -1.94. The molecule has 0 fully saturated rings. The van der Waals surface area contributed by atoms with E-state index in [0.29, 0.717) is 23.2 Å². The molecule has 4 heteroatoms. The lowest BCUT2D eigenvalue weighted by atomic mass is 10.0. The van der Waals surface area contributed by atoms with Crippen LogP contribution in [-0.4, -0.2) is 11.1 Å². The fourth-order valence-electron chi connectivity index (χ4n) is 1.93. The van der Waals surface area contributed by atoms with E-state index in [1.165, 1.54) is 5.56 Å². The van der Waals surface area contributed by atoms with Crippen molar-refractivity contribution >= 4 is 17.7 Å². The van der Waals surface area contributed by atoms with E-state index in [1.807, 2.05) is 0 Å². The number of thioether (sulfide) groups is 1. The Morgan fingerprint density at radius 3 is 2.45 bits per heavy atom. The van der Waals surface area contributed by atoms with Crippen LogP contribution in [0.5, 0.6) is 0 Å². The van der Waals surface area contributed by atoms with Crippen molar-refractivity contribution in [1.82, 2.24) is 0 Å². The van der Waals surface area contributed by atoms with Crippen LogP contribution < -0.4 is 0 Å². The van der Waals surface area contributed by atoms with Gasteiger partial charge in [-0.2, -0.15) is 0 Å². The number of carboxylic acids is 1. The molecule has 1 N–H and O–H groups in total. The molecule has 20 heavy (non-hydrogen) atoms. The standard InChI is InChI=1S/C16H18O3S/c1-10(2)12-4-6-14(7-5-12)20-9-13-8-15(16(17)18)11(3)19-13/h4-8,10H,9H2,1-3H3,(H,17,18). The normalized spacial score (nSPS) is 11.0. The van der Waals surface area contributed by atoms with Crippen LogP contribution in [0.25, 0.3) is 0 Å². The summed E-state index contributed by atoms with van der Waals surface area (Å²) in [7, 11) is 0. The van der Waals surface area contributed by atoms with Gasteiger partial charge in [0.15, 0.2) is 0 Å². The summed E-state index contributed by atoms with van der Waals surface area (Å²) in [4.78, 5) is 12.1. The first kappa shape index (κ1) is 14.7. The van der Waals surface area contributed by atoms with E-state index in [9.17, 15) is 4.79 Å². The zero-order valence-corrected chi connectivity index (χ0v) is 12.7. The highest BCUT2D eigenvalue weighted by molar-refractivity contribution is 7.98. The minimum Gasteiger partial charge on any atom is -0.478 e. The Kier molecular flexibility index (Phi) is 4.55. The molecule has 1 aromatic heterocycles. The molecule has 0 unspecified atom stereocenters. The smallest absolute Gasteiger partial charge is 0.339 e. The highest BCUT2D eigenvalue weighted by Crippen LogP contribution is 2.26. The number of hydrogen-bond donors (Lipinski definition) is 1. The van der Waals surface area contributed by atoms with E-state index in [2.05, 4.69) is 38.1 Å². The van der Waals surface area contributed by atoms with E-state index in [1.54, 1.807) is 24.8 Å². The van der Waals surface area contributed by atoms with E-state index in [-0.39, 0.29) is 5.56 Å². The second-order valence-electron chi connectivity index (χ2n) is 5.00. The molecule has 0 atom stereocenters. The summed E-state index contributed by atoms with van der Waals surface area (Å²) in [6.45, 7) is 6.01. The molecule has 0 amide bonds. The molecular weight excluding hydrogens is 272 g/mol. The van der Waals surface area contributed by atoms with Crippen LogP contribution in [-0.2, 0) is 5.75 Å². The SMILES string of the molecule is Cc1oc(CSc2ccc(C(C)C)cc2)cc1C(=O)O. The predicted octanol–water partition coefficient (Wildman–Crippen LogP) is 4.70. The van der Waals surface area contributed by atoms with Crippen LogP contribution in [0.2, 0.25) is 0 Å². The largest absolute Gasteiger partial charge is 0.478 e. The molecule has 1 aromatic carbocycles. The molecule has 0 bridgehead atoms. The lowest BCUT2D eigenvalue weighted by molar-refractivity contribution is 0.0695. The Labute approximate surface area is 123 Å². The van der Waals surface area contributed by atoms with E-state index < -0.39 is 5.97 Å². The molecule has 0 spiro atoms. The van der Waals surface area contributed by atoms with Crippen molar-refractivity contribution < 1.29 is 14.3 Å². The fraction of sp³-hybridized carbons (Fsp3) is 0.312. The monoisotopic (exact) mass is 290 g/mol. The van der Waals surface area contributed by atoms with Crippen molar-refractivity contribution in [3.63, 3.8) is 0 Å². The third-order valence-electron chi connectivity index (χ3n) is 3.13. The highest BCUT2D eigenvalue weighted by Gasteiger charge is 2.13. The van der Waals surface area contributed by atoms with Crippen LogP contribution in [0, 0.1) is 6.92 Å². The molecule has 1 heterocycles. The second kappa shape index (κ2) is 6.18. The third kappa shape index (κ3) is 3.45. The van der Waals surface area contributed by atoms with Crippen LogP contribution in [0.1, 0.15) is 47.2 Å². The minimum absolute atomic E-state index is 0.246. The summed E-state index contributed by atoms with van der Waals surface area (Å²) in [5.41, 5.74) is 1.56. The van der Waals surface area contributed by atoms with Gasteiger partial charge < -0.3 is 9.52 Å². The van der Waals surface area contributed by atoms with Gasteiger partial charge in [0.2, 0.25) is 0 Å². The van der Waals surface area contributed by atoms with Crippen molar-refractivity contribution in [3.8, 4) is 0 Å². The maximum atomic E-state index is 10.9. The zero-order chi connectivity index (χ0) is 14.7. The summed E-state index contributed by atoms with van der Waals surface area (Å²) < 4.78 is 5.46. The number of benzene rings is 1. The molecule has 0 saturated carbocycles. The van der Waals surface area contributed by atoms with Gasteiger partial charge >= 0.3 is 5.97 Å². The number of furan rings is 1. The van der Waals surface area contributed by atoms with Gasteiger partial charge in [-0.05, 0) is 36.6 Å². The molecule has 2 aromatic rings. The average molecular weight is 290 g/mol. The minimum atomic E-state index is -0.941. The first-order chi connectivity index (χ1) is 9.47.